The zero-order valence-corrected chi connectivity index (χ0v) is 24.3. The predicted molar refractivity (Wildman–Crippen MR) is 154 cm³/mol. The maximum Gasteiger partial charge on any atom is 0.331 e. The van der Waals surface area contributed by atoms with Gasteiger partial charge in [-0.3, -0.25) is 9.00 Å². The number of amides is 1. The Hall–Kier alpha value is -3.32. The molecule has 3 aromatic carbocycles. The van der Waals surface area contributed by atoms with Crippen molar-refractivity contribution in [3.8, 4) is 0 Å². The van der Waals surface area contributed by atoms with Crippen molar-refractivity contribution < 1.29 is 27.0 Å². The zero-order valence-electron chi connectivity index (χ0n) is 21.9. The minimum absolute atomic E-state index is 0.0483. The van der Waals surface area contributed by atoms with Gasteiger partial charge in [0.05, 0.1) is 32.6 Å². The highest BCUT2D eigenvalue weighted by Crippen LogP contribution is 2.44. The quantitative estimate of drug-likeness (QED) is 0.239. The molecule has 0 saturated carbocycles. The minimum Gasteiger partial charge on any atom is -0.451 e. The van der Waals surface area contributed by atoms with E-state index < -0.39 is 55.0 Å². The fraction of sp³-hybridized carbons (Fsp3) is 0.250. The minimum atomic E-state index is -3.89. The van der Waals surface area contributed by atoms with Crippen LogP contribution in [0.5, 0.6) is 0 Å². The monoisotopic (exact) mass is 597 g/mol. The summed E-state index contributed by atoms with van der Waals surface area (Å²) in [7, 11) is -5.60. The van der Waals surface area contributed by atoms with Gasteiger partial charge in [-0.2, -0.15) is 4.40 Å². The molecule has 1 N–H and O–H groups in total. The smallest absolute Gasteiger partial charge is 0.331 e. The van der Waals surface area contributed by atoms with E-state index in [2.05, 4.69) is 8.53 Å². The van der Waals surface area contributed by atoms with Crippen molar-refractivity contribution in [2.24, 2.45) is 4.40 Å². The molecule has 3 atom stereocenters. The molecule has 5 rings (SSSR count). The van der Waals surface area contributed by atoms with E-state index in [4.69, 9.17) is 4.74 Å². The molecule has 0 aromatic heterocycles. The summed E-state index contributed by atoms with van der Waals surface area (Å²) in [5, 5.41) is -0.955. The van der Waals surface area contributed by atoms with Gasteiger partial charge < -0.3 is 9.64 Å². The molecule has 2 aliphatic heterocycles. The molecule has 2 heterocycles. The number of rotatable bonds is 8. The summed E-state index contributed by atoms with van der Waals surface area (Å²) in [6.45, 7) is 5.13. The van der Waals surface area contributed by atoms with Crippen LogP contribution in [0.2, 0.25) is 0 Å². The van der Waals surface area contributed by atoms with Crippen molar-refractivity contribution >= 4 is 50.5 Å². The Bertz CT molecular complexity index is 1550. The molecule has 1 unspecified atom stereocenters. The fourth-order valence-corrected chi connectivity index (χ4v) is 8.28. The topological polar surface area (TPSA) is 122 Å². The lowest BCUT2D eigenvalue weighted by Crippen LogP contribution is -2.64. The van der Waals surface area contributed by atoms with Gasteiger partial charge in [-0.1, -0.05) is 78.4 Å². The average molecular weight is 598 g/mol. The van der Waals surface area contributed by atoms with Crippen LogP contribution >= 0.6 is 12.1 Å². The molecule has 2 saturated heterocycles. The standard InChI is InChI=1S/C28H27N3O6S3/c1-18-14-16-21(17-15-18)40(35,36)30-38-29-22-25(32)31-24(28(2,3)39(34)26(22)31)27(33)37-23(19-10-6-4-7-11-19)20-12-8-5-9-13-20/h4-17,23-24,26,30H,1-3H3/b29-22+/t24-,26+,39?/m0/s1. The van der Waals surface area contributed by atoms with Crippen LogP contribution in [0, 0.1) is 6.92 Å². The van der Waals surface area contributed by atoms with Crippen LogP contribution in [0.4, 0.5) is 0 Å². The lowest BCUT2D eigenvalue weighted by Gasteiger charge is -2.38. The Kier molecular flexibility index (Phi) is 7.71. The summed E-state index contributed by atoms with van der Waals surface area (Å²) in [4.78, 5) is 28.1. The largest absolute Gasteiger partial charge is 0.451 e. The molecule has 2 aliphatic rings. The Morgan fingerprint density at radius 1 is 1.00 bits per heavy atom. The molecule has 0 bridgehead atoms. The second-order valence-electron chi connectivity index (χ2n) is 9.97. The number of hydrogen-bond donors (Lipinski definition) is 1. The first-order valence-corrected chi connectivity index (χ1v) is 15.9. The van der Waals surface area contributed by atoms with Gasteiger partial charge in [-0.05, 0) is 44.0 Å². The van der Waals surface area contributed by atoms with Crippen LogP contribution in [-0.4, -0.2) is 51.3 Å². The summed E-state index contributed by atoms with van der Waals surface area (Å²) in [5.74, 6) is -1.28. The number of β-lactam (4-membered cyclic amide) rings is 1. The molecule has 40 heavy (non-hydrogen) atoms. The van der Waals surface area contributed by atoms with Crippen LogP contribution in [0.1, 0.15) is 36.6 Å². The van der Waals surface area contributed by atoms with Crippen molar-refractivity contribution in [1.82, 2.24) is 9.03 Å². The molecular weight excluding hydrogens is 571 g/mol. The number of carbonyl (C=O) groups is 2. The molecular formula is C28H27N3O6S3. The summed E-state index contributed by atoms with van der Waals surface area (Å²) in [5.41, 5.74) is 2.35. The summed E-state index contributed by atoms with van der Waals surface area (Å²) < 4.78 is 49.8. The van der Waals surface area contributed by atoms with Crippen LogP contribution in [0.15, 0.2) is 94.2 Å². The third-order valence-corrected chi connectivity index (χ3v) is 11.4. The van der Waals surface area contributed by atoms with E-state index >= 15 is 0 Å². The molecule has 12 heteroatoms. The van der Waals surface area contributed by atoms with Gasteiger partial charge in [-0.15, -0.1) is 4.13 Å². The van der Waals surface area contributed by atoms with Gasteiger partial charge in [0.25, 0.3) is 15.9 Å². The van der Waals surface area contributed by atoms with Crippen molar-refractivity contribution in [3.63, 3.8) is 0 Å². The number of aryl methyl sites for hydroxylation is 1. The van der Waals surface area contributed by atoms with E-state index in [-0.39, 0.29) is 10.6 Å². The molecule has 2 fully saturated rings. The average Bonchev–Trinajstić information content (AvgIpc) is 3.13. The second kappa shape index (κ2) is 10.9. The van der Waals surface area contributed by atoms with Gasteiger partial charge in [0.15, 0.2) is 17.2 Å². The van der Waals surface area contributed by atoms with E-state index in [0.29, 0.717) is 12.1 Å². The van der Waals surface area contributed by atoms with Gasteiger partial charge in [0.2, 0.25) is 0 Å². The molecule has 9 nitrogen and oxygen atoms in total. The van der Waals surface area contributed by atoms with Crippen molar-refractivity contribution in [1.29, 1.82) is 0 Å². The molecule has 0 radical (unpaired) electrons. The first-order chi connectivity index (χ1) is 19.0. The Labute approximate surface area is 239 Å². The summed E-state index contributed by atoms with van der Waals surface area (Å²) in [6.07, 6.45) is -0.727. The number of hydrogen-bond acceptors (Lipinski definition) is 8. The first-order valence-electron chi connectivity index (χ1n) is 12.4. The van der Waals surface area contributed by atoms with Gasteiger partial charge in [0, 0.05) is 0 Å². The number of nitrogens with one attached hydrogen (secondary N) is 1. The second-order valence-corrected chi connectivity index (χ2v) is 14.6. The normalized spacial score (nSPS) is 22.7. The number of sulfonamides is 1. The van der Waals surface area contributed by atoms with Gasteiger partial charge in [0.1, 0.15) is 6.04 Å². The highest BCUT2D eigenvalue weighted by Gasteiger charge is 2.67. The number of benzene rings is 3. The van der Waals surface area contributed by atoms with Crippen LogP contribution < -0.4 is 4.13 Å². The number of nitrogens with zero attached hydrogens (tertiary/aromatic N) is 2. The van der Waals surface area contributed by atoms with Crippen molar-refractivity contribution in [2.75, 3.05) is 0 Å². The van der Waals surface area contributed by atoms with Gasteiger partial charge in [-0.25, -0.2) is 13.2 Å². The van der Waals surface area contributed by atoms with E-state index in [0.717, 1.165) is 16.7 Å². The molecule has 3 aromatic rings. The molecule has 0 aliphatic carbocycles. The molecule has 208 valence electrons. The van der Waals surface area contributed by atoms with E-state index in [1.54, 1.807) is 26.0 Å². The third-order valence-electron chi connectivity index (χ3n) is 6.88. The summed E-state index contributed by atoms with van der Waals surface area (Å²) >= 11 is 0.465. The zero-order chi connectivity index (χ0) is 28.7. The van der Waals surface area contributed by atoms with E-state index in [1.807, 2.05) is 67.6 Å². The number of fused-ring (bicyclic) bond motifs is 1. The highest BCUT2D eigenvalue weighted by molar-refractivity contribution is 8.08. The lowest BCUT2D eigenvalue weighted by molar-refractivity contribution is -0.158. The summed E-state index contributed by atoms with van der Waals surface area (Å²) in [6, 6.07) is 23.6. The molecule has 0 spiro atoms. The Balaban J connectivity index is 1.35. The highest BCUT2D eigenvalue weighted by atomic mass is 32.3. The van der Waals surface area contributed by atoms with Crippen LogP contribution in [0.3, 0.4) is 0 Å². The Morgan fingerprint density at radius 2 is 1.55 bits per heavy atom. The number of esters is 1. The van der Waals surface area contributed by atoms with Crippen LogP contribution in [-0.2, 0) is 35.1 Å². The molecule has 1 amide bonds. The fourth-order valence-electron chi connectivity index (χ4n) is 4.73. The first kappa shape index (κ1) is 28.2. The Morgan fingerprint density at radius 3 is 2.10 bits per heavy atom. The van der Waals surface area contributed by atoms with E-state index in [9.17, 15) is 22.2 Å². The van der Waals surface area contributed by atoms with E-state index in [1.165, 1.54) is 17.0 Å². The predicted octanol–water partition coefficient (Wildman–Crippen LogP) is 3.69. The number of carbonyl (C=O) groups excluding carboxylic acids is 2. The number of ether oxygens (including phenoxy) is 1. The van der Waals surface area contributed by atoms with Crippen molar-refractivity contribution in [2.45, 2.75) is 47.9 Å². The van der Waals surface area contributed by atoms with Crippen molar-refractivity contribution in [3.05, 3.63) is 102 Å². The maximum atomic E-state index is 13.6. The maximum absolute atomic E-state index is 13.6. The SMILES string of the molecule is Cc1ccc(S(=O)(=O)NS/N=C2\C(=O)N3[C@@H]2S(=O)C(C)(C)[C@@H]3C(=O)OC(c2ccccc2)c2ccccc2)cc1. The van der Waals surface area contributed by atoms with Crippen LogP contribution in [0.25, 0.3) is 0 Å². The third kappa shape index (κ3) is 5.12. The van der Waals surface area contributed by atoms with Gasteiger partial charge >= 0.3 is 5.97 Å². The lowest BCUT2D eigenvalue weighted by atomic mass is 9.96.